The molecule has 1 N–H and O–H groups in total. The van der Waals surface area contributed by atoms with Crippen LogP contribution in [-0.4, -0.2) is 19.6 Å². The molecule has 0 aromatic carbocycles. The number of aromatic nitrogens is 4. The zero-order chi connectivity index (χ0) is 12.4. The summed E-state index contributed by atoms with van der Waals surface area (Å²) in [6.07, 6.45) is 2.09. The van der Waals surface area contributed by atoms with Gasteiger partial charge in [0.2, 0.25) is 0 Å². The molecule has 100 valence electrons. The number of halogens is 1. The van der Waals surface area contributed by atoms with Gasteiger partial charge in [0.05, 0.1) is 11.4 Å². The molecule has 0 aliphatic carbocycles. The maximum atomic E-state index is 4.42. The molecule has 0 spiro atoms. The Kier molecular flexibility index (Phi) is 4.78. The fourth-order valence-corrected chi connectivity index (χ4v) is 1.86. The van der Waals surface area contributed by atoms with Crippen molar-refractivity contribution in [2.24, 2.45) is 7.05 Å². The van der Waals surface area contributed by atoms with Gasteiger partial charge in [-0.15, -0.1) is 12.4 Å². The van der Waals surface area contributed by atoms with Gasteiger partial charge in [0.1, 0.15) is 5.82 Å². The summed E-state index contributed by atoms with van der Waals surface area (Å²) in [5, 5.41) is 12.1. The molecule has 0 unspecified atom stereocenters. The lowest BCUT2D eigenvalue weighted by Gasteiger charge is -2.04. The van der Waals surface area contributed by atoms with E-state index in [1.54, 1.807) is 0 Å². The van der Waals surface area contributed by atoms with Gasteiger partial charge in [-0.3, -0.25) is 9.36 Å². The van der Waals surface area contributed by atoms with Crippen molar-refractivity contribution in [1.29, 1.82) is 0 Å². The van der Waals surface area contributed by atoms with Crippen molar-refractivity contribution < 1.29 is 0 Å². The molecule has 0 amide bonds. The summed E-state index contributed by atoms with van der Waals surface area (Å²) in [4.78, 5) is 0. The van der Waals surface area contributed by atoms with E-state index >= 15 is 0 Å². The van der Waals surface area contributed by atoms with Crippen LogP contribution < -0.4 is 5.32 Å². The van der Waals surface area contributed by atoms with Crippen molar-refractivity contribution in [3.8, 4) is 0 Å². The molecule has 0 atom stereocenters. The van der Waals surface area contributed by atoms with Crippen LogP contribution in [0.4, 0.5) is 5.82 Å². The van der Waals surface area contributed by atoms with E-state index in [1.165, 1.54) is 5.56 Å². The molecule has 2 heterocycles. The van der Waals surface area contributed by atoms with Crippen molar-refractivity contribution in [2.75, 3.05) is 5.32 Å². The third-order valence-corrected chi connectivity index (χ3v) is 2.83. The molecule has 0 aliphatic rings. The second-order valence-corrected chi connectivity index (χ2v) is 4.24. The normalized spacial score (nSPS) is 10.2. The highest BCUT2D eigenvalue weighted by atomic mass is 35.5. The Morgan fingerprint density at radius 2 is 2.00 bits per heavy atom. The van der Waals surface area contributed by atoms with E-state index in [9.17, 15) is 0 Å². The van der Waals surface area contributed by atoms with Gasteiger partial charge in [-0.05, 0) is 20.8 Å². The Morgan fingerprint density at radius 3 is 2.50 bits per heavy atom. The topological polar surface area (TPSA) is 47.7 Å². The van der Waals surface area contributed by atoms with Crippen LogP contribution in [0.3, 0.4) is 0 Å². The number of anilines is 1. The quantitative estimate of drug-likeness (QED) is 0.926. The number of aryl methyl sites for hydroxylation is 4. The summed E-state index contributed by atoms with van der Waals surface area (Å²) < 4.78 is 3.82. The summed E-state index contributed by atoms with van der Waals surface area (Å²) in [7, 11) is 1.94. The van der Waals surface area contributed by atoms with E-state index in [-0.39, 0.29) is 12.4 Å². The van der Waals surface area contributed by atoms with Gasteiger partial charge in [0, 0.05) is 38.0 Å². The van der Waals surface area contributed by atoms with Gasteiger partial charge in [-0.2, -0.15) is 10.2 Å². The average Bonchev–Trinajstić information content (AvgIpc) is 2.79. The van der Waals surface area contributed by atoms with Gasteiger partial charge >= 0.3 is 0 Å². The maximum absolute atomic E-state index is 4.42. The minimum atomic E-state index is 0. The molecule has 18 heavy (non-hydrogen) atoms. The zero-order valence-electron chi connectivity index (χ0n) is 11.3. The fourth-order valence-electron chi connectivity index (χ4n) is 1.86. The molecule has 2 aromatic rings. The van der Waals surface area contributed by atoms with Gasteiger partial charge in [0.25, 0.3) is 0 Å². The highest BCUT2D eigenvalue weighted by Crippen LogP contribution is 2.12. The van der Waals surface area contributed by atoms with Crippen molar-refractivity contribution in [2.45, 2.75) is 33.9 Å². The van der Waals surface area contributed by atoms with Crippen LogP contribution in [0.25, 0.3) is 0 Å². The van der Waals surface area contributed by atoms with E-state index in [2.05, 4.69) is 28.6 Å². The molecule has 2 aromatic heterocycles. The standard InChI is InChI=1S/C12H19N5.ClH/c1-5-17-8-11(10(3)15-17)7-13-12-6-9(2)14-16(12)4;/h6,8,13H,5,7H2,1-4H3;1H. The Balaban J connectivity index is 0.00000162. The predicted octanol–water partition coefficient (Wildman–Crippen LogP) is 2.29. The molecule has 0 bridgehead atoms. The van der Waals surface area contributed by atoms with Crippen molar-refractivity contribution >= 4 is 18.2 Å². The number of nitrogens with zero attached hydrogens (tertiary/aromatic N) is 4. The Hall–Kier alpha value is -1.49. The maximum Gasteiger partial charge on any atom is 0.124 e. The van der Waals surface area contributed by atoms with Crippen LogP contribution in [0.1, 0.15) is 23.9 Å². The Bertz CT molecular complexity index is 515. The van der Waals surface area contributed by atoms with E-state index in [4.69, 9.17) is 0 Å². The summed E-state index contributed by atoms with van der Waals surface area (Å²) in [5.74, 6) is 1.03. The van der Waals surface area contributed by atoms with E-state index in [0.29, 0.717) is 0 Å². The van der Waals surface area contributed by atoms with Crippen LogP contribution in [0, 0.1) is 13.8 Å². The highest BCUT2D eigenvalue weighted by molar-refractivity contribution is 5.85. The fraction of sp³-hybridized carbons (Fsp3) is 0.500. The predicted molar refractivity (Wildman–Crippen MR) is 75.2 cm³/mol. The van der Waals surface area contributed by atoms with Crippen LogP contribution in [0.15, 0.2) is 12.3 Å². The molecule has 2 rings (SSSR count). The largest absolute Gasteiger partial charge is 0.366 e. The first-order valence-corrected chi connectivity index (χ1v) is 5.87. The van der Waals surface area contributed by atoms with E-state index in [1.807, 2.05) is 36.3 Å². The summed E-state index contributed by atoms with van der Waals surface area (Å²) in [6.45, 7) is 7.81. The molecule has 5 nitrogen and oxygen atoms in total. The number of hydrogen-bond acceptors (Lipinski definition) is 3. The number of rotatable bonds is 4. The lowest BCUT2D eigenvalue weighted by molar-refractivity contribution is 0.653. The van der Waals surface area contributed by atoms with Crippen molar-refractivity contribution in [3.63, 3.8) is 0 Å². The van der Waals surface area contributed by atoms with Gasteiger partial charge in [-0.1, -0.05) is 0 Å². The van der Waals surface area contributed by atoms with Crippen molar-refractivity contribution in [1.82, 2.24) is 19.6 Å². The second-order valence-electron chi connectivity index (χ2n) is 4.24. The van der Waals surface area contributed by atoms with Crippen LogP contribution in [0.2, 0.25) is 0 Å². The summed E-state index contributed by atoms with van der Waals surface area (Å²) >= 11 is 0. The molecule has 0 saturated carbocycles. The summed E-state index contributed by atoms with van der Waals surface area (Å²) in [6, 6.07) is 2.04. The summed E-state index contributed by atoms with van der Waals surface area (Å²) in [5.41, 5.74) is 3.33. The smallest absolute Gasteiger partial charge is 0.124 e. The monoisotopic (exact) mass is 269 g/mol. The van der Waals surface area contributed by atoms with Gasteiger partial charge in [-0.25, -0.2) is 0 Å². The van der Waals surface area contributed by atoms with E-state index < -0.39 is 0 Å². The lowest BCUT2D eigenvalue weighted by Crippen LogP contribution is -2.04. The van der Waals surface area contributed by atoms with E-state index in [0.717, 1.165) is 30.3 Å². The SMILES string of the molecule is CCn1cc(CNc2cc(C)nn2C)c(C)n1.Cl. The minimum Gasteiger partial charge on any atom is -0.366 e. The number of hydrogen-bond donors (Lipinski definition) is 1. The first-order valence-electron chi connectivity index (χ1n) is 5.87. The molecule has 0 fully saturated rings. The molecule has 0 radical (unpaired) electrons. The molecule has 0 aliphatic heterocycles. The van der Waals surface area contributed by atoms with Crippen molar-refractivity contribution in [3.05, 3.63) is 29.2 Å². The third-order valence-electron chi connectivity index (χ3n) is 2.83. The molecule has 6 heteroatoms. The van der Waals surface area contributed by atoms with Crippen LogP contribution in [0.5, 0.6) is 0 Å². The number of nitrogens with one attached hydrogen (secondary N) is 1. The molecular weight excluding hydrogens is 250 g/mol. The minimum absolute atomic E-state index is 0. The molecular formula is C12H20ClN5. The lowest BCUT2D eigenvalue weighted by atomic mass is 10.2. The van der Waals surface area contributed by atoms with Crippen LogP contribution >= 0.6 is 12.4 Å². The Morgan fingerprint density at radius 1 is 1.28 bits per heavy atom. The first kappa shape index (κ1) is 14.6. The Labute approximate surface area is 114 Å². The third kappa shape index (κ3) is 3.04. The highest BCUT2D eigenvalue weighted by Gasteiger charge is 2.05. The zero-order valence-corrected chi connectivity index (χ0v) is 12.1. The first-order chi connectivity index (χ1) is 8.10. The second kappa shape index (κ2) is 5.91. The van der Waals surface area contributed by atoms with Gasteiger partial charge < -0.3 is 5.32 Å². The molecule has 0 saturated heterocycles. The van der Waals surface area contributed by atoms with Crippen LogP contribution in [-0.2, 0) is 20.1 Å². The average molecular weight is 270 g/mol. The van der Waals surface area contributed by atoms with Gasteiger partial charge in [0.15, 0.2) is 0 Å².